The summed E-state index contributed by atoms with van der Waals surface area (Å²) < 4.78 is 12.5. The van der Waals surface area contributed by atoms with E-state index in [1.165, 1.54) is 53.9 Å². The number of oxazole rings is 1. The Kier molecular flexibility index (Phi) is 8.89. The average molecular weight is 920 g/mol. The van der Waals surface area contributed by atoms with Crippen molar-refractivity contribution in [2.24, 2.45) is 0 Å². The van der Waals surface area contributed by atoms with Crippen LogP contribution < -0.4 is 9.80 Å². The van der Waals surface area contributed by atoms with Gasteiger partial charge in [0.1, 0.15) is 16.7 Å². The topological polar surface area (TPSA) is 45.7 Å². The fraction of sp³-hybridized carbons (Fsp3) is 0. The van der Waals surface area contributed by atoms with E-state index in [2.05, 4.69) is 222 Å². The number of anilines is 6. The molecule has 2 aromatic heterocycles. The number of hydrogen-bond donors (Lipinski definition) is 0. The molecule has 0 radical (unpaired) electrons. The molecule has 0 saturated carbocycles. The highest BCUT2D eigenvalue weighted by Crippen LogP contribution is 2.47. The van der Waals surface area contributed by atoms with Crippen LogP contribution in [-0.4, -0.2) is 4.98 Å². The second-order valence-electron chi connectivity index (χ2n) is 18.7. The predicted molar refractivity (Wildman–Crippen MR) is 301 cm³/mol. The van der Waals surface area contributed by atoms with E-state index in [1.54, 1.807) is 0 Å². The Balaban J connectivity index is 0.891. The molecule has 0 unspecified atom stereocenters. The molecule has 0 saturated heterocycles. The predicted octanol–water partition coefficient (Wildman–Crippen LogP) is 19.3. The van der Waals surface area contributed by atoms with E-state index in [-0.39, 0.29) is 0 Å². The van der Waals surface area contributed by atoms with E-state index in [4.69, 9.17) is 13.8 Å². The zero-order valence-corrected chi connectivity index (χ0v) is 38.8. The third-order valence-electron chi connectivity index (χ3n) is 14.6. The maximum atomic E-state index is 6.34. The lowest BCUT2D eigenvalue weighted by atomic mass is 9.97. The van der Waals surface area contributed by atoms with Crippen molar-refractivity contribution in [1.82, 2.24) is 4.98 Å². The van der Waals surface area contributed by atoms with Crippen LogP contribution >= 0.6 is 0 Å². The molecule has 2 heterocycles. The third-order valence-corrected chi connectivity index (χ3v) is 14.6. The van der Waals surface area contributed by atoms with Gasteiger partial charge in [-0.15, -0.1) is 0 Å². The minimum Gasteiger partial charge on any atom is -0.456 e. The molecule has 15 rings (SSSR count). The molecule has 0 fully saturated rings. The number of hydrogen-bond acceptors (Lipinski definition) is 5. The smallest absolute Gasteiger partial charge is 0.227 e. The van der Waals surface area contributed by atoms with Gasteiger partial charge in [-0.05, 0) is 151 Å². The maximum absolute atomic E-state index is 6.34. The molecule has 0 aliphatic carbocycles. The van der Waals surface area contributed by atoms with Crippen LogP contribution in [0.15, 0.2) is 258 Å². The van der Waals surface area contributed by atoms with Crippen LogP contribution in [0.1, 0.15) is 0 Å². The molecule has 13 aromatic carbocycles. The molecule has 0 amide bonds. The van der Waals surface area contributed by atoms with Crippen LogP contribution in [0.5, 0.6) is 0 Å². The largest absolute Gasteiger partial charge is 0.456 e. The monoisotopic (exact) mass is 919 g/mol. The van der Waals surface area contributed by atoms with Gasteiger partial charge in [0.15, 0.2) is 5.58 Å². The summed E-state index contributed by atoms with van der Waals surface area (Å²) in [4.78, 5) is 9.62. The molecule has 336 valence electrons. The lowest BCUT2D eigenvalue weighted by Crippen LogP contribution is -2.11. The molecule has 0 aliphatic heterocycles. The first kappa shape index (κ1) is 40.2. The Bertz CT molecular complexity index is 4630. The zero-order chi connectivity index (χ0) is 47.3. The highest BCUT2D eigenvalue weighted by atomic mass is 16.3. The number of furan rings is 1. The summed E-state index contributed by atoms with van der Waals surface area (Å²) in [5.41, 5.74) is 10.7. The Labute approximate surface area is 413 Å². The standard InChI is InChI=1S/C67H41N3O2/c1-3-15-51-43(13-1)39-62(57-19-7-5-17-55(51)57)69(47-29-27-42(28-30-47)67-68-61-22-10-12-24-66(61)72-67)48-31-34-53-45(37-48)25-26-46-38-49(32-35-54(46)53)70(50-33-36-65-60(41-50)59-21-9-11-23-64(59)71-65)63-40-44-14-2-4-16-52(44)56-18-6-8-20-58(56)63/h1-41H. The van der Waals surface area contributed by atoms with Gasteiger partial charge < -0.3 is 18.6 Å². The first-order valence-electron chi connectivity index (χ1n) is 24.4. The van der Waals surface area contributed by atoms with E-state index in [9.17, 15) is 0 Å². The van der Waals surface area contributed by atoms with Gasteiger partial charge in [0.2, 0.25) is 5.89 Å². The van der Waals surface area contributed by atoms with Gasteiger partial charge in [0.25, 0.3) is 0 Å². The second kappa shape index (κ2) is 15.9. The first-order valence-corrected chi connectivity index (χ1v) is 24.4. The summed E-state index contributed by atoms with van der Waals surface area (Å²) in [5.74, 6) is 0.604. The third kappa shape index (κ3) is 6.38. The van der Waals surface area contributed by atoms with Crippen molar-refractivity contribution in [3.05, 3.63) is 249 Å². The Morgan fingerprint density at radius 3 is 1.31 bits per heavy atom. The van der Waals surface area contributed by atoms with E-state index in [1.807, 2.05) is 36.4 Å². The van der Waals surface area contributed by atoms with Crippen LogP contribution in [0.3, 0.4) is 0 Å². The van der Waals surface area contributed by atoms with Crippen molar-refractivity contribution in [1.29, 1.82) is 0 Å². The van der Waals surface area contributed by atoms with Crippen LogP contribution in [-0.2, 0) is 0 Å². The molecule has 5 heteroatoms. The number of rotatable bonds is 7. The van der Waals surface area contributed by atoms with Crippen LogP contribution in [0.2, 0.25) is 0 Å². The highest BCUT2D eigenvalue weighted by molar-refractivity contribution is 6.18. The number of para-hydroxylation sites is 3. The Morgan fingerprint density at radius 1 is 0.264 bits per heavy atom. The molecule has 0 bridgehead atoms. The quantitative estimate of drug-likeness (QED) is 0.149. The van der Waals surface area contributed by atoms with Crippen molar-refractivity contribution >= 4 is 132 Å². The number of nitrogens with zero attached hydrogens (tertiary/aromatic N) is 3. The molecule has 72 heavy (non-hydrogen) atoms. The van der Waals surface area contributed by atoms with E-state index in [0.29, 0.717) is 5.89 Å². The van der Waals surface area contributed by atoms with E-state index >= 15 is 0 Å². The minimum absolute atomic E-state index is 0.604. The molecule has 0 spiro atoms. The van der Waals surface area contributed by atoms with Gasteiger partial charge >= 0.3 is 0 Å². The summed E-state index contributed by atoms with van der Waals surface area (Å²) >= 11 is 0. The van der Waals surface area contributed by atoms with Crippen molar-refractivity contribution in [3.63, 3.8) is 0 Å². The van der Waals surface area contributed by atoms with Gasteiger partial charge in [0.05, 0.1) is 11.4 Å². The van der Waals surface area contributed by atoms with Gasteiger partial charge in [-0.25, -0.2) is 4.98 Å². The van der Waals surface area contributed by atoms with Crippen LogP contribution in [0.25, 0.3) is 109 Å². The van der Waals surface area contributed by atoms with E-state index < -0.39 is 0 Å². The SMILES string of the molecule is c1ccc2c(c1)cc(N(c1ccc(-c3nc4ccccc4o3)cc1)c1ccc3c(ccc4cc(N(c5ccc6oc7ccccc7c6c5)c5cc6ccccc6c6ccccc56)ccc43)c1)c1ccccc12. The highest BCUT2D eigenvalue weighted by Gasteiger charge is 2.22. The Morgan fingerprint density at radius 2 is 0.694 bits per heavy atom. The minimum atomic E-state index is 0.604. The lowest BCUT2D eigenvalue weighted by Gasteiger charge is -2.28. The second-order valence-corrected chi connectivity index (χ2v) is 18.7. The van der Waals surface area contributed by atoms with Crippen molar-refractivity contribution < 1.29 is 8.83 Å². The molecule has 0 atom stereocenters. The van der Waals surface area contributed by atoms with Crippen LogP contribution in [0, 0.1) is 0 Å². The summed E-state index contributed by atoms with van der Waals surface area (Å²) in [7, 11) is 0. The van der Waals surface area contributed by atoms with Crippen molar-refractivity contribution in [2.75, 3.05) is 9.80 Å². The van der Waals surface area contributed by atoms with Crippen LogP contribution in [0.4, 0.5) is 34.1 Å². The zero-order valence-electron chi connectivity index (χ0n) is 38.8. The Hall–Kier alpha value is -9.71. The van der Waals surface area contributed by atoms with E-state index in [0.717, 1.165) is 83.5 Å². The molecular formula is C67H41N3O2. The van der Waals surface area contributed by atoms with Gasteiger partial charge in [-0.3, -0.25) is 0 Å². The normalized spacial score (nSPS) is 11.9. The van der Waals surface area contributed by atoms with Gasteiger partial charge in [-0.1, -0.05) is 152 Å². The number of benzene rings is 13. The lowest BCUT2D eigenvalue weighted by molar-refractivity contribution is 0.620. The number of aromatic nitrogens is 1. The summed E-state index contributed by atoms with van der Waals surface area (Å²) in [5, 5.41) is 16.5. The first-order chi connectivity index (χ1) is 35.7. The molecule has 0 aliphatic rings. The van der Waals surface area contributed by atoms with Crippen molar-refractivity contribution in [2.45, 2.75) is 0 Å². The van der Waals surface area contributed by atoms with Gasteiger partial charge in [0, 0.05) is 49.9 Å². The fourth-order valence-corrected chi connectivity index (χ4v) is 11.2. The molecule has 15 aromatic rings. The molecular weight excluding hydrogens is 879 g/mol. The summed E-state index contributed by atoms with van der Waals surface area (Å²) in [6.07, 6.45) is 0. The van der Waals surface area contributed by atoms with Crippen molar-refractivity contribution in [3.8, 4) is 11.5 Å². The average Bonchev–Trinajstić information content (AvgIpc) is 4.05. The number of fused-ring (bicyclic) bond motifs is 13. The fourth-order valence-electron chi connectivity index (χ4n) is 11.2. The summed E-state index contributed by atoms with van der Waals surface area (Å²) in [6.45, 7) is 0. The maximum Gasteiger partial charge on any atom is 0.227 e. The van der Waals surface area contributed by atoms with Gasteiger partial charge in [-0.2, -0.15) is 0 Å². The summed E-state index contributed by atoms with van der Waals surface area (Å²) in [6, 6.07) is 89.3. The molecule has 5 nitrogen and oxygen atoms in total. The molecule has 0 N–H and O–H groups in total.